The summed E-state index contributed by atoms with van der Waals surface area (Å²) in [5.41, 5.74) is 2.66. The summed E-state index contributed by atoms with van der Waals surface area (Å²) < 4.78 is 20.0. The monoisotopic (exact) mass is 484 g/mol. The topological polar surface area (TPSA) is 64.7 Å². The Bertz CT molecular complexity index is 1320. The van der Waals surface area contributed by atoms with Crippen LogP contribution in [0.1, 0.15) is 0 Å². The molecule has 142 valence electrons. The van der Waals surface area contributed by atoms with Crippen LogP contribution in [0.3, 0.4) is 0 Å². The standard InChI is InChI=1S/C20H10BrFN4OS2/c21-15-4-2-1-3-13(15)17-25-26-20(27-17)29-19-16-14(9-28-18(16)23-10-24-19)11-5-7-12(22)8-6-11/h1-10H. The number of nitrogens with zero attached hydrogens (tertiary/aromatic N) is 4. The van der Waals surface area contributed by atoms with E-state index in [1.165, 1.54) is 41.6 Å². The Balaban J connectivity index is 1.54. The zero-order chi connectivity index (χ0) is 19.8. The Morgan fingerprint density at radius 3 is 2.62 bits per heavy atom. The summed E-state index contributed by atoms with van der Waals surface area (Å²) in [7, 11) is 0. The van der Waals surface area contributed by atoms with Crippen LogP contribution in [-0.2, 0) is 0 Å². The second-order valence-corrected chi connectivity index (χ2v) is 8.62. The quantitative estimate of drug-likeness (QED) is 0.272. The van der Waals surface area contributed by atoms with Crippen LogP contribution in [0, 0.1) is 5.82 Å². The molecule has 0 saturated carbocycles. The second-order valence-electron chi connectivity index (χ2n) is 5.97. The third-order valence-electron chi connectivity index (χ3n) is 4.19. The molecule has 29 heavy (non-hydrogen) atoms. The molecule has 3 aromatic heterocycles. The van der Waals surface area contributed by atoms with Gasteiger partial charge in [-0.1, -0.05) is 24.3 Å². The first-order valence-electron chi connectivity index (χ1n) is 8.43. The largest absolute Gasteiger partial charge is 0.411 e. The average molecular weight is 485 g/mol. The predicted molar refractivity (Wildman–Crippen MR) is 114 cm³/mol. The molecule has 0 saturated heterocycles. The van der Waals surface area contributed by atoms with Crippen molar-refractivity contribution in [1.82, 2.24) is 20.2 Å². The summed E-state index contributed by atoms with van der Waals surface area (Å²) in [6.07, 6.45) is 1.51. The van der Waals surface area contributed by atoms with Crippen LogP contribution >= 0.6 is 39.0 Å². The number of hydrogen-bond donors (Lipinski definition) is 0. The number of rotatable bonds is 4. The predicted octanol–water partition coefficient (Wildman–Crippen LogP) is 6.46. The molecule has 5 rings (SSSR count). The van der Waals surface area contributed by atoms with Gasteiger partial charge >= 0.3 is 0 Å². The molecule has 0 aliphatic carbocycles. The highest BCUT2D eigenvalue weighted by Gasteiger charge is 2.18. The first-order chi connectivity index (χ1) is 14.2. The molecule has 0 radical (unpaired) electrons. The summed E-state index contributed by atoms with van der Waals surface area (Å²) in [5.74, 6) is 0.152. The molecule has 0 fully saturated rings. The van der Waals surface area contributed by atoms with Crippen molar-refractivity contribution in [2.75, 3.05) is 0 Å². The third-order valence-corrected chi connectivity index (χ3v) is 6.61. The highest BCUT2D eigenvalue weighted by molar-refractivity contribution is 9.10. The van der Waals surface area contributed by atoms with Gasteiger partial charge in [0.25, 0.3) is 5.22 Å². The van der Waals surface area contributed by atoms with Crippen molar-refractivity contribution >= 4 is 49.2 Å². The van der Waals surface area contributed by atoms with Crippen LogP contribution in [0.5, 0.6) is 0 Å². The summed E-state index contributed by atoms with van der Waals surface area (Å²) in [5, 5.41) is 12.3. The molecule has 5 aromatic rings. The lowest BCUT2D eigenvalue weighted by Crippen LogP contribution is -1.86. The molecule has 3 heterocycles. The van der Waals surface area contributed by atoms with Gasteiger partial charge in [0.2, 0.25) is 5.89 Å². The van der Waals surface area contributed by atoms with E-state index in [4.69, 9.17) is 4.42 Å². The van der Waals surface area contributed by atoms with Crippen LogP contribution in [0.15, 0.2) is 79.4 Å². The summed E-state index contributed by atoms with van der Waals surface area (Å²) in [4.78, 5) is 9.62. The number of thiophene rings is 1. The first kappa shape index (κ1) is 18.4. The fraction of sp³-hybridized carbons (Fsp3) is 0. The highest BCUT2D eigenvalue weighted by Crippen LogP contribution is 2.40. The van der Waals surface area contributed by atoms with Crippen molar-refractivity contribution in [2.45, 2.75) is 10.2 Å². The van der Waals surface area contributed by atoms with Crippen LogP contribution in [-0.4, -0.2) is 20.2 Å². The first-order valence-corrected chi connectivity index (χ1v) is 10.9. The summed E-state index contributed by atoms with van der Waals surface area (Å²) in [6, 6.07) is 14.0. The number of fused-ring (bicyclic) bond motifs is 1. The summed E-state index contributed by atoms with van der Waals surface area (Å²) >= 11 is 6.29. The molecule has 0 N–H and O–H groups in total. The average Bonchev–Trinajstić information content (AvgIpc) is 3.37. The van der Waals surface area contributed by atoms with E-state index in [9.17, 15) is 4.39 Å². The van der Waals surface area contributed by atoms with E-state index in [1.807, 2.05) is 29.6 Å². The van der Waals surface area contributed by atoms with Gasteiger partial charge in [-0.25, -0.2) is 14.4 Å². The Kier molecular flexibility index (Phi) is 4.86. The van der Waals surface area contributed by atoms with E-state index in [0.717, 1.165) is 31.4 Å². The maximum Gasteiger partial charge on any atom is 0.283 e. The molecule has 2 aromatic carbocycles. The van der Waals surface area contributed by atoms with Crippen LogP contribution in [0.4, 0.5) is 4.39 Å². The van der Waals surface area contributed by atoms with E-state index in [0.29, 0.717) is 16.1 Å². The Hall–Kier alpha value is -2.62. The normalized spacial score (nSPS) is 11.2. The Morgan fingerprint density at radius 2 is 1.79 bits per heavy atom. The lowest BCUT2D eigenvalue weighted by molar-refractivity contribution is 0.465. The fourth-order valence-electron chi connectivity index (χ4n) is 2.84. The van der Waals surface area contributed by atoms with Gasteiger partial charge in [0.1, 0.15) is 22.0 Å². The number of hydrogen-bond acceptors (Lipinski definition) is 7. The van der Waals surface area contributed by atoms with Crippen molar-refractivity contribution in [3.8, 4) is 22.6 Å². The summed E-state index contributed by atoms with van der Waals surface area (Å²) in [6.45, 7) is 0. The molecule has 0 aliphatic rings. The van der Waals surface area contributed by atoms with Gasteiger partial charge in [0, 0.05) is 15.4 Å². The van der Waals surface area contributed by atoms with Crippen molar-refractivity contribution < 1.29 is 8.81 Å². The van der Waals surface area contributed by atoms with E-state index in [-0.39, 0.29) is 5.82 Å². The molecular formula is C20H10BrFN4OS2. The van der Waals surface area contributed by atoms with Gasteiger partial charge < -0.3 is 4.42 Å². The molecule has 0 amide bonds. The van der Waals surface area contributed by atoms with Gasteiger partial charge in [-0.2, -0.15) is 0 Å². The third kappa shape index (κ3) is 3.57. The van der Waals surface area contributed by atoms with E-state index < -0.39 is 0 Å². The van der Waals surface area contributed by atoms with Crippen molar-refractivity contribution in [3.63, 3.8) is 0 Å². The van der Waals surface area contributed by atoms with Crippen LogP contribution in [0.2, 0.25) is 0 Å². The van der Waals surface area contributed by atoms with Gasteiger partial charge in [-0.3, -0.25) is 0 Å². The maximum atomic E-state index is 13.3. The minimum absolute atomic E-state index is 0.274. The lowest BCUT2D eigenvalue weighted by Gasteiger charge is -2.03. The van der Waals surface area contributed by atoms with Crippen molar-refractivity contribution in [2.24, 2.45) is 0 Å². The zero-order valence-electron chi connectivity index (χ0n) is 14.5. The second kappa shape index (κ2) is 7.66. The molecule has 5 nitrogen and oxygen atoms in total. The molecule has 0 atom stereocenters. The smallest absolute Gasteiger partial charge is 0.283 e. The van der Waals surface area contributed by atoms with Gasteiger partial charge in [0.05, 0.1) is 10.9 Å². The van der Waals surface area contributed by atoms with Gasteiger partial charge in [-0.05, 0) is 57.5 Å². The molecule has 0 aliphatic heterocycles. The minimum atomic E-state index is -0.274. The number of benzene rings is 2. The minimum Gasteiger partial charge on any atom is -0.411 e. The van der Waals surface area contributed by atoms with Gasteiger partial charge in [0.15, 0.2) is 0 Å². The highest BCUT2D eigenvalue weighted by atomic mass is 79.9. The molecular weight excluding hydrogens is 475 g/mol. The van der Waals surface area contributed by atoms with Crippen LogP contribution < -0.4 is 0 Å². The van der Waals surface area contributed by atoms with Crippen molar-refractivity contribution in [3.05, 3.63) is 70.5 Å². The van der Waals surface area contributed by atoms with Crippen LogP contribution in [0.25, 0.3) is 32.8 Å². The number of halogens is 2. The fourth-order valence-corrected chi connectivity index (χ4v) is 5.06. The van der Waals surface area contributed by atoms with E-state index >= 15 is 0 Å². The Morgan fingerprint density at radius 1 is 0.966 bits per heavy atom. The Labute approximate surface area is 181 Å². The zero-order valence-corrected chi connectivity index (χ0v) is 17.8. The lowest BCUT2D eigenvalue weighted by atomic mass is 10.1. The van der Waals surface area contributed by atoms with Crippen molar-refractivity contribution in [1.29, 1.82) is 0 Å². The molecule has 0 spiro atoms. The maximum absolute atomic E-state index is 13.3. The SMILES string of the molecule is Fc1ccc(-c2csc3ncnc(Sc4nnc(-c5ccccc5Br)o4)c23)cc1. The number of aromatic nitrogens is 4. The molecule has 9 heteroatoms. The van der Waals surface area contributed by atoms with Gasteiger partial charge in [-0.15, -0.1) is 21.5 Å². The molecule has 0 bridgehead atoms. The van der Waals surface area contributed by atoms with E-state index in [2.05, 4.69) is 36.1 Å². The van der Waals surface area contributed by atoms with E-state index in [1.54, 1.807) is 12.1 Å². The molecule has 0 unspecified atom stereocenters.